The van der Waals surface area contributed by atoms with E-state index in [0.29, 0.717) is 11.5 Å². The lowest BCUT2D eigenvalue weighted by Gasteiger charge is -2.14. The van der Waals surface area contributed by atoms with Gasteiger partial charge in [0.2, 0.25) is 5.91 Å². The fourth-order valence-corrected chi connectivity index (χ4v) is 1.52. The van der Waals surface area contributed by atoms with Crippen LogP contribution < -0.4 is 20.5 Å². The number of carbonyl (C=O) groups is 3. The Morgan fingerprint density at radius 3 is 2.43 bits per heavy atom. The second-order valence-electron chi connectivity index (χ2n) is 4.07. The van der Waals surface area contributed by atoms with Gasteiger partial charge in [0.05, 0.1) is 13.5 Å². The quantitative estimate of drug-likeness (QED) is 0.594. The Hall–Kier alpha value is -2.77. The molecule has 2 amide bonds. The lowest BCUT2D eigenvalue weighted by Crippen LogP contribution is -2.45. The van der Waals surface area contributed by atoms with Crippen LogP contribution in [0.15, 0.2) is 24.3 Å². The topological polar surface area (TPSA) is 128 Å². The van der Waals surface area contributed by atoms with Crippen LogP contribution in [0.3, 0.4) is 0 Å². The molecule has 1 rings (SSSR count). The number of hydrogen-bond donors (Lipinski definition) is 3. The van der Waals surface area contributed by atoms with Crippen molar-refractivity contribution in [3.05, 3.63) is 24.3 Å². The van der Waals surface area contributed by atoms with E-state index >= 15 is 0 Å². The zero-order valence-electron chi connectivity index (χ0n) is 11.4. The lowest BCUT2D eigenvalue weighted by atomic mass is 10.2. The van der Waals surface area contributed by atoms with E-state index in [4.69, 9.17) is 20.3 Å². The largest absolute Gasteiger partial charge is 0.493 e. The van der Waals surface area contributed by atoms with Gasteiger partial charge in [-0.1, -0.05) is 12.1 Å². The minimum absolute atomic E-state index is 0.344. The van der Waals surface area contributed by atoms with Crippen molar-refractivity contribution in [2.75, 3.05) is 13.7 Å². The fourth-order valence-electron chi connectivity index (χ4n) is 1.52. The molecule has 0 bridgehead atoms. The van der Waals surface area contributed by atoms with Crippen LogP contribution >= 0.6 is 0 Å². The van der Waals surface area contributed by atoms with E-state index in [9.17, 15) is 14.4 Å². The highest BCUT2D eigenvalue weighted by atomic mass is 16.5. The molecule has 0 aromatic heterocycles. The minimum Gasteiger partial charge on any atom is -0.493 e. The molecule has 1 aromatic carbocycles. The van der Waals surface area contributed by atoms with E-state index in [-0.39, 0.29) is 0 Å². The van der Waals surface area contributed by atoms with Gasteiger partial charge in [-0.3, -0.25) is 9.59 Å². The van der Waals surface area contributed by atoms with Gasteiger partial charge in [0, 0.05) is 0 Å². The normalized spacial score (nSPS) is 11.3. The molecular weight excluding hydrogens is 280 g/mol. The van der Waals surface area contributed by atoms with Crippen LogP contribution in [0.25, 0.3) is 0 Å². The van der Waals surface area contributed by atoms with Crippen molar-refractivity contribution in [1.29, 1.82) is 0 Å². The van der Waals surface area contributed by atoms with Gasteiger partial charge in [-0.25, -0.2) is 4.79 Å². The number of amides is 2. The first-order valence-corrected chi connectivity index (χ1v) is 6.00. The number of nitrogens with one attached hydrogen (secondary N) is 1. The molecule has 1 aromatic rings. The maximum atomic E-state index is 11.6. The summed E-state index contributed by atoms with van der Waals surface area (Å²) in [6.07, 6.45) is -0.490. The van der Waals surface area contributed by atoms with Gasteiger partial charge in [-0.05, 0) is 12.1 Å². The molecule has 0 unspecified atom stereocenters. The summed E-state index contributed by atoms with van der Waals surface area (Å²) >= 11 is 0. The van der Waals surface area contributed by atoms with Crippen molar-refractivity contribution in [3.8, 4) is 11.5 Å². The van der Waals surface area contributed by atoms with Gasteiger partial charge in [0.25, 0.3) is 5.91 Å². The zero-order chi connectivity index (χ0) is 15.8. The molecule has 8 nitrogen and oxygen atoms in total. The SMILES string of the molecule is COc1ccccc1OCC(=O)N[C@@H](CC(N)=O)C(=O)O. The maximum Gasteiger partial charge on any atom is 0.326 e. The number of hydrogen-bond acceptors (Lipinski definition) is 5. The first-order valence-electron chi connectivity index (χ1n) is 6.00. The summed E-state index contributed by atoms with van der Waals surface area (Å²) in [4.78, 5) is 33.2. The van der Waals surface area contributed by atoms with Crippen LogP contribution in [0, 0.1) is 0 Å². The molecule has 114 valence electrons. The molecule has 0 aliphatic carbocycles. The van der Waals surface area contributed by atoms with Gasteiger partial charge in [0.15, 0.2) is 18.1 Å². The predicted octanol–water partition coefficient (Wildman–Crippen LogP) is -0.481. The monoisotopic (exact) mass is 296 g/mol. The molecule has 8 heteroatoms. The third-order valence-corrected chi connectivity index (χ3v) is 2.47. The molecular formula is C13H16N2O6. The van der Waals surface area contributed by atoms with E-state index in [1.807, 2.05) is 0 Å². The molecule has 0 saturated heterocycles. The Morgan fingerprint density at radius 2 is 1.90 bits per heavy atom. The van der Waals surface area contributed by atoms with Gasteiger partial charge < -0.3 is 25.6 Å². The number of carboxylic acids is 1. The minimum atomic E-state index is -1.38. The number of carbonyl (C=O) groups excluding carboxylic acids is 2. The molecule has 0 radical (unpaired) electrons. The highest BCUT2D eigenvalue weighted by Gasteiger charge is 2.22. The number of primary amides is 1. The van der Waals surface area contributed by atoms with Crippen molar-refractivity contribution in [1.82, 2.24) is 5.32 Å². The highest BCUT2D eigenvalue weighted by Crippen LogP contribution is 2.25. The van der Waals surface area contributed by atoms with Crippen LogP contribution in [0.5, 0.6) is 11.5 Å². The molecule has 0 fully saturated rings. The summed E-state index contributed by atoms with van der Waals surface area (Å²) in [5, 5.41) is 11.0. The molecule has 0 spiro atoms. The first kappa shape index (κ1) is 16.3. The summed E-state index contributed by atoms with van der Waals surface area (Å²) < 4.78 is 10.3. The predicted molar refractivity (Wildman–Crippen MR) is 71.9 cm³/mol. The number of methoxy groups -OCH3 is 1. The second-order valence-corrected chi connectivity index (χ2v) is 4.07. The third-order valence-electron chi connectivity index (χ3n) is 2.47. The summed E-state index contributed by atoms with van der Waals surface area (Å²) in [7, 11) is 1.45. The number of benzene rings is 1. The number of nitrogens with two attached hydrogens (primary N) is 1. The molecule has 0 aliphatic heterocycles. The van der Waals surface area contributed by atoms with Crippen LogP contribution in [0.4, 0.5) is 0 Å². The summed E-state index contributed by atoms with van der Waals surface area (Å²) in [6, 6.07) is 5.31. The maximum absolute atomic E-state index is 11.6. The fraction of sp³-hybridized carbons (Fsp3) is 0.308. The Labute approximate surface area is 120 Å². The number of ether oxygens (including phenoxy) is 2. The van der Waals surface area contributed by atoms with E-state index in [2.05, 4.69) is 5.32 Å². The van der Waals surface area contributed by atoms with Crippen LogP contribution in [0.1, 0.15) is 6.42 Å². The Kier molecular flexibility index (Phi) is 5.99. The molecule has 0 heterocycles. The Bertz CT molecular complexity index is 531. The molecule has 21 heavy (non-hydrogen) atoms. The van der Waals surface area contributed by atoms with E-state index in [0.717, 1.165) is 0 Å². The Morgan fingerprint density at radius 1 is 1.29 bits per heavy atom. The molecule has 0 saturated carbocycles. The molecule has 4 N–H and O–H groups in total. The summed E-state index contributed by atoms with van der Waals surface area (Å²) in [5.41, 5.74) is 4.91. The first-order chi connectivity index (χ1) is 9.93. The summed E-state index contributed by atoms with van der Waals surface area (Å²) in [6.45, 7) is -0.414. The van der Waals surface area contributed by atoms with Crippen LogP contribution in [-0.4, -0.2) is 42.6 Å². The Balaban J connectivity index is 2.56. The molecule has 0 aliphatic rings. The van der Waals surface area contributed by atoms with Crippen LogP contribution in [-0.2, 0) is 14.4 Å². The number of para-hydroxylation sites is 2. The van der Waals surface area contributed by atoms with Crippen LogP contribution in [0.2, 0.25) is 0 Å². The van der Waals surface area contributed by atoms with E-state index < -0.39 is 36.9 Å². The van der Waals surface area contributed by atoms with Crippen molar-refractivity contribution in [3.63, 3.8) is 0 Å². The lowest BCUT2D eigenvalue weighted by molar-refractivity contribution is -0.143. The van der Waals surface area contributed by atoms with Crippen molar-refractivity contribution >= 4 is 17.8 Å². The van der Waals surface area contributed by atoms with E-state index in [1.165, 1.54) is 7.11 Å². The van der Waals surface area contributed by atoms with Crippen molar-refractivity contribution in [2.24, 2.45) is 5.73 Å². The van der Waals surface area contributed by atoms with E-state index in [1.54, 1.807) is 24.3 Å². The third kappa shape index (κ3) is 5.39. The number of carboxylic acid groups (broad SMARTS) is 1. The zero-order valence-corrected chi connectivity index (χ0v) is 11.4. The van der Waals surface area contributed by atoms with Gasteiger partial charge in [0.1, 0.15) is 6.04 Å². The second kappa shape index (κ2) is 7.73. The average molecular weight is 296 g/mol. The van der Waals surface area contributed by atoms with Gasteiger partial charge >= 0.3 is 5.97 Å². The number of rotatable bonds is 8. The highest BCUT2D eigenvalue weighted by molar-refractivity contribution is 5.88. The average Bonchev–Trinajstić information content (AvgIpc) is 2.44. The van der Waals surface area contributed by atoms with Crippen molar-refractivity contribution < 1.29 is 29.0 Å². The molecule has 1 atom stereocenters. The van der Waals surface area contributed by atoms with Gasteiger partial charge in [-0.15, -0.1) is 0 Å². The summed E-state index contributed by atoms with van der Waals surface area (Å²) in [5.74, 6) is -2.07. The number of aliphatic carboxylic acids is 1. The standard InChI is InChI=1S/C13H16N2O6/c1-20-9-4-2-3-5-10(9)21-7-12(17)15-8(13(18)19)6-11(14)16/h2-5,8H,6-7H2,1H3,(H2,14,16)(H,15,17)(H,18,19)/t8-/m0/s1. The van der Waals surface area contributed by atoms with Gasteiger partial charge in [-0.2, -0.15) is 0 Å². The smallest absolute Gasteiger partial charge is 0.326 e. The van der Waals surface area contributed by atoms with Crippen molar-refractivity contribution in [2.45, 2.75) is 12.5 Å².